The minimum Gasteiger partial charge on any atom is -0.486 e. The average molecular weight is 541 g/mol. The Kier molecular flexibility index (Phi) is 5.82. The van der Waals surface area contributed by atoms with Crippen molar-refractivity contribution in [1.82, 2.24) is 14.5 Å². The van der Waals surface area contributed by atoms with Gasteiger partial charge in [-0.25, -0.2) is 18.5 Å². The van der Waals surface area contributed by atoms with E-state index in [9.17, 15) is 17.8 Å². The molecule has 2 aromatic heterocycles. The first kappa shape index (κ1) is 25.3. The topological polar surface area (TPSA) is 98.5 Å². The maximum absolute atomic E-state index is 14.2. The highest BCUT2D eigenvalue weighted by Crippen LogP contribution is 2.45. The first-order chi connectivity index (χ1) is 18.0. The summed E-state index contributed by atoms with van der Waals surface area (Å²) in [5.74, 6) is -1.37. The number of hydrogen-bond acceptors (Lipinski definition) is 7. The Morgan fingerprint density at radius 2 is 1.97 bits per heavy atom. The summed E-state index contributed by atoms with van der Waals surface area (Å²) in [6.45, 7) is 1.18. The number of para-hydroxylation sites is 1. The van der Waals surface area contributed by atoms with E-state index >= 15 is 0 Å². The molecule has 1 saturated carbocycles. The number of hydrogen-bond donors (Lipinski definition) is 1. The number of fused-ring (bicyclic) bond motifs is 2. The Hall–Kier alpha value is -3.02. The molecule has 38 heavy (non-hydrogen) atoms. The van der Waals surface area contributed by atoms with E-state index in [0.29, 0.717) is 52.3 Å². The average Bonchev–Trinajstić information content (AvgIpc) is 3.64. The van der Waals surface area contributed by atoms with Crippen molar-refractivity contribution >= 4 is 34.4 Å². The van der Waals surface area contributed by atoms with Crippen LogP contribution in [0.2, 0.25) is 0 Å². The van der Waals surface area contributed by atoms with E-state index in [1.807, 2.05) is 13.0 Å². The predicted octanol–water partition coefficient (Wildman–Crippen LogP) is 3.24. The van der Waals surface area contributed by atoms with Gasteiger partial charge in [0.2, 0.25) is 0 Å². The molecule has 2 aliphatic heterocycles. The first-order valence-electron chi connectivity index (χ1n) is 13.0. The fourth-order valence-corrected chi connectivity index (χ4v) is 8.22. The van der Waals surface area contributed by atoms with E-state index in [1.165, 1.54) is 17.0 Å². The molecule has 3 aromatic rings. The van der Waals surface area contributed by atoms with E-state index in [1.54, 1.807) is 19.2 Å². The Bertz CT molecular complexity index is 1620. The number of benzene rings is 1. The number of halogens is 2. The standard InChI is InChI=1S/C26H30BF2N5O3S/c1-15(17-4-3-5-19-21(17)37-13-26(19,28)29)32-22-18-12-20(24(35)34(2)23(18)31-14-30-22)25(27)8-10-38(36,11-9-25)33-16-6-7-16/h3-5,12,14-16H,6-11,13,27H2,1-2H3,(H,30,31,32)/t15-,25?,38?/m1/s1. The zero-order chi connectivity index (χ0) is 26.9. The highest BCUT2D eigenvalue weighted by Gasteiger charge is 2.43. The van der Waals surface area contributed by atoms with Gasteiger partial charge in [0.15, 0.2) is 6.61 Å². The maximum Gasteiger partial charge on any atom is 0.310 e. The van der Waals surface area contributed by atoms with E-state index in [2.05, 4.69) is 27.5 Å². The van der Waals surface area contributed by atoms with Crippen LogP contribution in [0.1, 0.15) is 55.3 Å². The summed E-state index contributed by atoms with van der Waals surface area (Å²) in [5.41, 5.74) is 1.45. The van der Waals surface area contributed by atoms with Crippen LogP contribution in [0.5, 0.6) is 5.75 Å². The first-order valence-corrected chi connectivity index (χ1v) is 14.8. The molecule has 4 heterocycles. The number of nitrogens with one attached hydrogen (secondary N) is 1. The lowest BCUT2D eigenvalue weighted by Gasteiger charge is -2.35. The number of nitrogens with zero attached hydrogens (tertiary/aromatic N) is 4. The minimum atomic E-state index is -3.02. The number of ether oxygens (including phenoxy) is 1. The summed E-state index contributed by atoms with van der Waals surface area (Å²) >= 11 is 0. The third-order valence-electron chi connectivity index (χ3n) is 8.15. The molecule has 1 N–H and O–H groups in total. The van der Waals surface area contributed by atoms with E-state index in [4.69, 9.17) is 4.74 Å². The molecule has 1 aromatic carbocycles. The molecular weight excluding hydrogens is 511 g/mol. The van der Waals surface area contributed by atoms with E-state index < -0.39 is 33.6 Å². The molecule has 1 aliphatic carbocycles. The second-order valence-corrected chi connectivity index (χ2v) is 13.6. The lowest BCUT2D eigenvalue weighted by molar-refractivity contribution is -0.0214. The summed E-state index contributed by atoms with van der Waals surface area (Å²) in [6.07, 6.45) is 4.64. The summed E-state index contributed by atoms with van der Waals surface area (Å²) in [6, 6.07) is 6.44. The zero-order valence-electron chi connectivity index (χ0n) is 21.7. The van der Waals surface area contributed by atoms with Crippen LogP contribution in [0.4, 0.5) is 14.6 Å². The van der Waals surface area contributed by atoms with Gasteiger partial charge in [0.25, 0.3) is 5.56 Å². The molecule has 8 nitrogen and oxygen atoms in total. The van der Waals surface area contributed by atoms with Crippen molar-refractivity contribution < 1.29 is 17.7 Å². The van der Waals surface area contributed by atoms with Crippen LogP contribution < -0.4 is 15.6 Å². The van der Waals surface area contributed by atoms with Crippen molar-refractivity contribution in [3.63, 3.8) is 0 Å². The van der Waals surface area contributed by atoms with Gasteiger partial charge in [0.1, 0.15) is 31.4 Å². The van der Waals surface area contributed by atoms with Gasteiger partial charge >= 0.3 is 5.92 Å². The molecule has 0 amide bonds. The molecule has 0 spiro atoms. The zero-order valence-corrected chi connectivity index (χ0v) is 22.5. The third-order valence-corrected chi connectivity index (χ3v) is 10.5. The van der Waals surface area contributed by atoms with Gasteiger partial charge in [0, 0.05) is 39.4 Å². The molecule has 0 radical (unpaired) electrons. The second kappa shape index (κ2) is 8.76. The molecular formula is C26H30BF2N5O3S. The Balaban J connectivity index is 1.36. The number of aryl methyl sites for hydroxylation is 1. The molecule has 12 heteroatoms. The van der Waals surface area contributed by atoms with Crippen molar-refractivity contribution in [2.24, 2.45) is 11.4 Å². The van der Waals surface area contributed by atoms with Crippen LogP contribution in [0.25, 0.3) is 11.0 Å². The summed E-state index contributed by atoms with van der Waals surface area (Å²) in [4.78, 5) is 22.3. The highest BCUT2D eigenvalue weighted by molar-refractivity contribution is 7.93. The van der Waals surface area contributed by atoms with Crippen molar-refractivity contribution in [2.45, 2.75) is 55.9 Å². The van der Waals surface area contributed by atoms with Gasteiger partial charge in [-0.2, -0.15) is 8.78 Å². The lowest BCUT2D eigenvalue weighted by atomic mass is 9.60. The van der Waals surface area contributed by atoms with Crippen molar-refractivity contribution in [3.05, 3.63) is 57.6 Å². The molecule has 0 unspecified atom stereocenters. The van der Waals surface area contributed by atoms with E-state index in [0.717, 1.165) is 12.8 Å². The normalized spacial score (nSPS) is 26.9. The fourth-order valence-electron chi connectivity index (χ4n) is 5.51. The Labute approximate surface area is 220 Å². The summed E-state index contributed by atoms with van der Waals surface area (Å²) in [5, 5.41) is 3.54. The smallest absolute Gasteiger partial charge is 0.310 e. The number of anilines is 1. The number of rotatable bonds is 5. The number of pyridine rings is 1. The Morgan fingerprint density at radius 1 is 1.24 bits per heavy atom. The maximum atomic E-state index is 14.2. The van der Waals surface area contributed by atoms with Crippen LogP contribution in [-0.2, 0) is 28.0 Å². The summed E-state index contributed by atoms with van der Waals surface area (Å²) in [7, 11) is 1.51. The lowest BCUT2D eigenvalue weighted by Crippen LogP contribution is -2.42. The molecule has 0 bridgehead atoms. The van der Waals surface area contributed by atoms with Gasteiger partial charge in [-0.3, -0.25) is 9.36 Å². The van der Waals surface area contributed by atoms with Gasteiger partial charge in [-0.1, -0.05) is 12.1 Å². The van der Waals surface area contributed by atoms with Crippen LogP contribution in [-0.4, -0.2) is 50.7 Å². The molecule has 3 aliphatic rings. The van der Waals surface area contributed by atoms with Crippen LogP contribution in [0, 0.1) is 0 Å². The fraction of sp³-hybridized carbons (Fsp3) is 0.500. The molecule has 6 rings (SSSR count). The van der Waals surface area contributed by atoms with Crippen LogP contribution in [0.3, 0.4) is 0 Å². The van der Waals surface area contributed by atoms with Gasteiger partial charge in [0.05, 0.1) is 23.0 Å². The molecule has 1 saturated heterocycles. The van der Waals surface area contributed by atoms with Crippen LogP contribution in [0.15, 0.2) is 39.8 Å². The van der Waals surface area contributed by atoms with Gasteiger partial charge < -0.3 is 10.1 Å². The number of aromatic nitrogens is 3. The quantitative estimate of drug-likeness (QED) is 0.499. The van der Waals surface area contributed by atoms with Crippen molar-refractivity contribution in [1.29, 1.82) is 0 Å². The molecule has 1 atom stereocenters. The Morgan fingerprint density at radius 3 is 2.68 bits per heavy atom. The summed E-state index contributed by atoms with van der Waals surface area (Å²) < 4.78 is 53.2. The largest absolute Gasteiger partial charge is 0.486 e. The van der Waals surface area contributed by atoms with Gasteiger partial charge in [-0.15, -0.1) is 0 Å². The predicted molar refractivity (Wildman–Crippen MR) is 145 cm³/mol. The van der Waals surface area contributed by atoms with Crippen molar-refractivity contribution in [3.8, 4) is 5.75 Å². The van der Waals surface area contributed by atoms with Crippen LogP contribution >= 0.6 is 0 Å². The highest BCUT2D eigenvalue weighted by atomic mass is 32.2. The molecule has 200 valence electrons. The van der Waals surface area contributed by atoms with Gasteiger partial charge in [-0.05, 0) is 50.1 Å². The number of alkyl halides is 2. The van der Waals surface area contributed by atoms with E-state index in [-0.39, 0.29) is 22.9 Å². The van der Waals surface area contributed by atoms with Crippen molar-refractivity contribution in [2.75, 3.05) is 23.4 Å². The SMILES string of the molecule is BC1(c2cc3c(N[C@H](C)c4cccc5c4OCC5(F)F)ncnc3n(C)c2=O)CCS(=O)(=NC2CC2)CC1. The second-order valence-electron chi connectivity index (χ2n) is 11.0. The minimum absolute atomic E-state index is 0.115. The monoisotopic (exact) mass is 541 g/mol. The third kappa shape index (κ3) is 4.26. The molecule has 2 fully saturated rings.